The average molecular weight is 120 g/mol. The molecule has 0 saturated heterocycles. The third-order valence-electron chi connectivity index (χ3n) is 0.963. The van der Waals surface area contributed by atoms with Gasteiger partial charge in [0.25, 0.3) is 0 Å². The molecule has 50 valence electrons. The average Bonchev–Trinajstić information content (AvgIpc) is 1.68. The molecule has 0 saturated carbocycles. The van der Waals surface area contributed by atoms with Gasteiger partial charge < -0.3 is 15.1 Å². The summed E-state index contributed by atoms with van der Waals surface area (Å²) in [4.78, 5) is 1.86. The van der Waals surface area contributed by atoms with Gasteiger partial charge in [0.1, 0.15) is 0 Å². The molecule has 0 aliphatic carbocycles. The highest BCUT2D eigenvalue weighted by Gasteiger charge is 1.91. The van der Waals surface area contributed by atoms with Gasteiger partial charge in [0.05, 0.1) is 13.2 Å². The molecule has 0 aromatic carbocycles. The number of rotatable bonds is 4. The number of likely N-dealkylation sites (N-methyl/N-ethyl adjacent to an activating group) is 1. The van der Waals surface area contributed by atoms with Gasteiger partial charge in [0.15, 0.2) is 0 Å². The first-order valence-electron chi connectivity index (χ1n) is 2.71. The summed E-state index contributed by atoms with van der Waals surface area (Å²) >= 11 is 0. The van der Waals surface area contributed by atoms with Crippen LogP contribution >= 0.6 is 0 Å². The predicted molar refractivity (Wildman–Crippen MR) is 31.7 cm³/mol. The minimum atomic E-state index is 0.163. The van der Waals surface area contributed by atoms with E-state index in [4.69, 9.17) is 10.2 Å². The first kappa shape index (κ1) is 7.88. The van der Waals surface area contributed by atoms with Crippen molar-refractivity contribution in [2.24, 2.45) is 0 Å². The van der Waals surface area contributed by atoms with Crippen LogP contribution in [0.25, 0.3) is 0 Å². The van der Waals surface area contributed by atoms with Crippen LogP contribution in [0.4, 0.5) is 0 Å². The number of aliphatic hydroxyl groups is 2. The Kier molecular flexibility index (Phi) is 4.95. The predicted octanol–water partition coefficient (Wildman–Crippen LogP) is -1.10. The van der Waals surface area contributed by atoms with Crippen molar-refractivity contribution in [2.45, 2.75) is 0 Å². The van der Waals surface area contributed by atoms with Crippen LogP contribution in [0.15, 0.2) is 0 Å². The molecule has 0 aliphatic heterocycles. The third kappa shape index (κ3) is 4.05. The Hall–Kier alpha value is -0.120. The highest BCUT2D eigenvalue weighted by atomic mass is 16.3. The van der Waals surface area contributed by atoms with Crippen LogP contribution in [-0.2, 0) is 0 Å². The van der Waals surface area contributed by atoms with E-state index in [1.165, 1.54) is 0 Å². The molecular formula is C5H13NO2. The van der Waals surface area contributed by atoms with Crippen LogP contribution in [-0.4, -0.2) is 48.5 Å². The molecule has 8 heavy (non-hydrogen) atoms. The molecule has 0 heterocycles. The fourth-order valence-corrected chi connectivity index (χ4v) is 0.453. The molecule has 0 spiro atoms. The Morgan fingerprint density at radius 3 is 1.75 bits per heavy atom. The van der Waals surface area contributed by atoms with Crippen LogP contribution in [0.5, 0.6) is 0 Å². The molecule has 0 atom stereocenters. The quantitative estimate of drug-likeness (QED) is 0.463. The summed E-state index contributed by atoms with van der Waals surface area (Å²) in [5.41, 5.74) is 0. The maximum Gasteiger partial charge on any atom is 0.0558 e. The summed E-state index contributed by atoms with van der Waals surface area (Å²) in [6.45, 7) is 1.61. The van der Waals surface area contributed by atoms with E-state index in [2.05, 4.69) is 0 Å². The van der Waals surface area contributed by atoms with Gasteiger partial charge in [-0.1, -0.05) is 0 Å². The molecule has 0 bridgehead atoms. The Bertz CT molecular complexity index is 43.7. The number of hydrogen-bond acceptors (Lipinski definition) is 3. The normalized spacial score (nSPS) is 10.5. The minimum Gasteiger partial charge on any atom is -0.395 e. The third-order valence-corrected chi connectivity index (χ3v) is 0.963. The van der Waals surface area contributed by atoms with Gasteiger partial charge in [-0.15, -0.1) is 0 Å². The topological polar surface area (TPSA) is 43.7 Å². The molecule has 3 heteroatoms. The second-order valence-electron chi connectivity index (χ2n) is 1.75. The Morgan fingerprint density at radius 2 is 1.50 bits per heavy atom. The summed E-state index contributed by atoms with van der Waals surface area (Å²) in [6, 6.07) is 0. The van der Waals surface area contributed by atoms with Gasteiger partial charge in [-0.3, -0.25) is 0 Å². The van der Waals surface area contributed by atoms with Gasteiger partial charge >= 0.3 is 0 Å². The summed E-state index contributed by atoms with van der Waals surface area (Å²) in [5, 5.41) is 16.7. The minimum absolute atomic E-state index is 0.163. The molecule has 0 amide bonds. The van der Waals surface area contributed by atoms with E-state index < -0.39 is 0 Å². The fourth-order valence-electron chi connectivity index (χ4n) is 0.453. The van der Waals surface area contributed by atoms with Crippen LogP contribution in [0.3, 0.4) is 0 Å². The zero-order valence-corrected chi connectivity index (χ0v) is 5.17. The lowest BCUT2D eigenvalue weighted by Gasteiger charge is -2.11. The van der Waals surface area contributed by atoms with Crippen molar-refractivity contribution < 1.29 is 10.2 Å². The first-order chi connectivity index (χ1) is 3.81. The lowest BCUT2D eigenvalue weighted by atomic mass is 10.6. The Balaban J connectivity index is 2.92. The Morgan fingerprint density at radius 1 is 1.12 bits per heavy atom. The van der Waals surface area contributed by atoms with Crippen molar-refractivity contribution >= 4 is 0 Å². The van der Waals surface area contributed by atoms with E-state index in [1.54, 1.807) is 0 Å². The van der Waals surface area contributed by atoms with E-state index in [0.29, 0.717) is 13.1 Å². The maximum atomic E-state index is 8.34. The van der Waals surface area contributed by atoms with E-state index in [1.807, 2.05) is 11.9 Å². The number of hydrogen-bond donors (Lipinski definition) is 2. The first-order valence-corrected chi connectivity index (χ1v) is 2.71. The van der Waals surface area contributed by atoms with Gasteiger partial charge in [0, 0.05) is 13.1 Å². The molecule has 0 aromatic rings. The van der Waals surface area contributed by atoms with Gasteiger partial charge in [-0.05, 0) is 7.05 Å². The van der Waals surface area contributed by atoms with E-state index in [0.717, 1.165) is 0 Å². The van der Waals surface area contributed by atoms with Gasteiger partial charge in [0.2, 0.25) is 0 Å². The van der Waals surface area contributed by atoms with Crippen molar-refractivity contribution in [2.75, 3.05) is 33.4 Å². The lowest BCUT2D eigenvalue weighted by Crippen LogP contribution is -2.25. The maximum absolute atomic E-state index is 8.34. The summed E-state index contributed by atoms with van der Waals surface area (Å²) < 4.78 is 0. The molecule has 0 aliphatic rings. The molecule has 0 radical (unpaired) electrons. The fraction of sp³-hybridized carbons (Fsp3) is 1.00. The largest absolute Gasteiger partial charge is 0.395 e. The zero-order valence-electron chi connectivity index (χ0n) is 5.17. The van der Waals surface area contributed by atoms with Crippen molar-refractivity contribution in [3.05, 3.63) is 0 Å². The zero-order chi connectivity index (χ0) is 6.41. The summed E-state index contributed by atoms with van der Waals surface area (Å²) in [6.07, 6.45) is 0. The van der Waals surface area contributed by atoms with Crippen molar-refractivity contribution in [1.29, 1.82) is 0 Å². The standard InChI is InChI=1S/C5H13NO2/c1-6(2-4-7)3-5-8/h7-8H,2-5H2,1H3/i1+1. The van der Waals surface area contributed by atoms with Gasteiger partial charge in [-0.2, -0.15) is 0 Å². The van der Waals surface area contributed by atoms with Crippen LogP contribution in [0.1, 0.15) is 0 Å². The molecule has 2 N–H and O–H groups in total. The van der Waals surface area contributed by atoms with E-state index in [-0.39, 0.29) is 13.2 Å². The Labute approximate surface area is 49.5 Å². The highest BCUT2D eigenvalue weighted by molar-refractivity contribution is 4.45. The van der Waals surface area contributed by atoms with Gasteiger partial charge in [-0.25, -0.2) is 0 Å². The van der Waals surface area contributed by atoms with E-state index in [9.17, 15) is 0 Å². The number of nitrogens with zero attached hydrogens (tertiary/aromatic N) is 1. The SMILES string of the molecule is [13CH3]N(CCO)CCO. The van der Waals surface area contributed by atoms with Crippen LogP contribution in [0.2, 0.25) is 0 Å². The summed E-state index contributed by atoms with van der Waals surface area (Å²) in [7, 11) is 1.85. The monoisotopic (exact) mass is 120 g/mol. The summed E-state index contributed by atoms with van der Waals surface area (Å²) in [5.74, 6) is 0. The molecule has 0 unspecified atom stereocenters. The molecular weight excluding hydrogens is 107 g/mol. The molecule has 0 rings (SSSR count). The molecule has 0 aromatic heterocycles. The second-order valence-corrected chi connectivity index (χ2v) is 1.75. The van der Waals surface area contributed by atoms with Crippen LogP contribution < -0.4 is 0 Å². The highest BCUT2D eigenvalue weighted by Crippen LogP contribution is 1.76. The van der Waals surface area contributed by atoms with E-state index >= 15 is 0 Å². The second kappa shape index (κ2) is 5.03. The van der Waals surface area contributed by atoms with Crippen molar-refractivity contribution in [3.63, 3.8) is 0 Å². The molecule has 3 nitrogen and oxygen atoms in total. The molecule has 0 fully saturated rings. The van der Waals surface area contributed by atoms with Crippen molar-refractivity contribution in [3.8, 4) is 0 Å². The van der Waals surface area contributed by atoms with Crippen LogP contribution in [0, 0.1) is 0 Å². The van der Waals surface area contributed by atoms with Crippen molar-refractivity contribution in [1.82, 2.24) is 4.90 Å². The smallest absolute Gasteiger partial charge is 0.0558 e. The lowest BCUT2D eigenvalue weighted by molar-refractivity contribution is 0.184. The number of aliphatic hydroxyl groups excluding tert-OH is 2.